The topological polar surface area (TPSA) is 68.0 Å². The lowest BCUT2D eigenvalue weighted by atomic mass is 10.1. The number of nitrogen functional groups attached to an aromatic ring is 1. The molecule has 1 unspecified atom stereocenters. The van der Waals surface area contributed by atoms with Crippen LogP contribution in [0.15, 0.2) is 29.8 Å². The Morgan fingerprint density at radius 1 is 1.58 bits per heavy atom. The highest BCUT2D eigenvalue weighted by atomic mass is 35.5. The maximum absolute atomic E-state index is 12.0. The first kappa shape index (κ1) is 13.8. The standard InChI is InChI=1S/C13H14ClN3OS/c1-8(13-16-4-5-19-13)7-17-12(18)10-3-2-9(14)6-11(10)15/h2-6,8H,7,15H2,1H3,(H,17,18). The van der Waals surface area contributed by atoms with Crippen LogP contribution < -0.4 is 11.1 Å². The number of nitrogens with one attached hydrogen (secondary N) is 1. The molecule has 3 N–H and O–H groups in total. The van der Waals surface area contributed by atoms with E-state index in [9.17, 15) is 4.79 Å². The number of halogens is 1. The van der Waals surface area contributed by atoms with Crippen LogP contribution in [0.1, 0.15) is 28.2 Å². The number of anilines is 1. The van der Waals surface area contributed by atoms with Gasteiger partial charge in [-0.1, -0.05) is 18.5 Å². The van der Waals surface area contributed by atoms with Crippen molar-refractivity contribution in [3.63, 3.8) is 0 Å². The van der Waals surface area contributed by atoms with Gasteiger partial charge in [-0.15, -0.1) is 11.3 Å². The molecule has 1 amide bonds. The maximum atomic E-state index is 12.0. The quantitative estimate of drug-likeness (QED) is 0.852. The van der Waals surface area contributed by atoms with Gasteiger partial charge in [0.25, 0.3) is 5.91 Å². The van der Waals surface area contributed by atoms with Crippen molar-refractivity contribution in [3.05, 3.63) is 45.4 Å². The zero-order chi connectivity index (χ0) is 13.8. The van der Waals surface area contributed by atoms with Gasteiger partial charge in [0.15, 0.2) is 0 Å². The number of hydrogen-bond acceptors (Lipinski definition) is 4. The van der Waals surface area contributed by atoms with E-state index in [0.717, 1.165) is 5.01 Å². The second kappa shape index (κ2) is 6.04. The Morgan fingerprint density at radius 3 is 3.00 bits per heavy atom. The van der Waals surface area contributed by atoms with E-state index >= 15 is 0 Å². The summed E-state index contributed by atoms with van der Waals surface area (Å²) >= 11 is 7.38. The summed E-state index contributed by atoms with van der Waals surface area (Å²) in [5.74, 6) is -0.0185. The average Bonchev–Trinajstić information content (AvgIpc) is 2.89. The molecule has 1 atom stereocenters. The Hall–Kier alpha value is -1.59. The van der Waals surface area contributed by atoms with Crippen LogP contribution in [-0.4, -0.2) is 17.4 Å². The van der Waals surface area contributed by atoms with Crippen molar-refractivity contribution in [2.45, 2.75) is 12.8 Å². The van der Waals surface area contributed by atoms with Crippen LogP contribution in [-0.2, 0) is 0 Å². The van der Waals surface area contributed by atoms with Gasteiger partial charge in [-0.05, 0) is 18.2 Å². The van der Waals surface area contributed by atoms with Crippen LogP contribution in [0, 0.1) is 0 Å². The first-order valence-electron chi connectivity index (χ1n) is 5.80. The van der Waals surface area contributed by atoms with E-state index in [1.807, 2.05) is 12.3 Å². The molecule has 2 rings (SSSR count). The Kier molecular flexibility index (Phi) is 4.39. The van der Waals surface area contributed by atoms with E-state index in [0.29, 0.717) is 22.8 Å². The molecule has 1 aromatic carbocycles. The first-order chi connectivity index (χ1) is 9.08. The summed E-state index contributed by atoms with van der Waals surface area (Å²) in [6.07, 6.45) is 1.76. The maximum Gasteiger partial charge on any atom is 0.253 e. The van der Waals surface area contributed by atoms with Crippen molar-refractivity contribution in [2.24, 2.45) is 0 Å². The third kappa shape index (κ3) is 3.45. The summed E-state index contributed by atoms with van der Waals surface area (Å²) in [5, 5.41) is 6.30. The van der Waals surface area contributed by atoms with Gasteiger partial charge in [-0.2, -0.15) is 0 Å². The minimum absolute atomic E-state index is 0.178. The lowest BCUT2D eigenvalue weighted by Gasteiger charge is -2.11. The summed E-state index contributed by atoms with van der Waals surface area (Å²) in [4.78, 5) is 16.2. The summed E-state index contributed by atoms with van der Waals surface area (Å²) in [6.45, 7) is 2.54. The molecule has 1 aromatic heterocycles. The molecule has 0 aliphatic heterocycles. The minimum atomic E-state index is -0.197. The zero-order valence-corrected chi connectivity index (χ0v) is 12.0. The number of amides is 1. The number of thiazole rings is 1. The second-order valence-corrected chi connectivity index (χ2v) is 5.58. The first-order valence-corrected chi connectivity index (χ1v) is 7.06. The predicted octanol–water partition coefficient (Wildman–Crippen LogP) is 2.91. The number of aromatic nitrogens is 1. The number of nitrogens with zero attached hydrogens (tertiary/aromatic N) is 1. The van der Waals surface area contributed by atoms with Gasteiger partial charge in [0.2, 0.25) is 0 Å². The normalized spacial score (nSPS) is 12.1. The molecule has 2 aromatic rings. The molecule has 0 saturated carbocycles. The summed E-state index contributed by atoms with van der Waals surface area (Å²) < 4.78 is 0. The largest absolute Gasteiger partial charge is 0.398 e. The van der Waals surface area contributed by atoms with Crippen molar-refractivity contribution in [2.75, 3.05) is 12.3 Å². The molecule has 0 radical (unpaired) electrons. The van der Waals surface area contributed by atoms with Gasteiger partial charge >= 0.3 is 0 Å². The SMILES string of the molecule is CC(CNC(=O)c1ccc(Cl)cc1N)c1nccs1. The van der Waals surface area contributed by atoms with E-state index in [4.69, 9.17) is 17.3 Å². The van der Waals surface area contributed by atoms with E-state index in [1.165, 1.54) is 0 Å². The van der Waals surface area contributed by atoms with E-state index in [-0.39, 0.29) is 11.8 Å². The number of benzene rings is 1. The molecule has 0 spiro atoms. The fraction of sp³-hybridized carbons (Fsp3) is 0.231. The second-order valence-electron chi connectivity index (χ2n) is 4.21. The fourth-order valence-electron chi connectivity index (χ4n) is 1.65. The van der Waals surface area contributed by atoms with E-state index in [2.05, 4.69) is 10.3 Å². The Balaban J connectivity index is 1.98. The Bertz CT molecular complexity index is 571. The minimum Gasteiger partial charge on any atom is -0.398 e. The van der Waals surface area contributed by atoms with Crippen LogP contribution in [0.25, 0.3) is 0 Å². The molecule has 0 saturated heterocycles. The third-order valence-electron chi connectivity index (χ3n) is 2.70. The molecule has 0 aliphatic rings. The molecule has 0 aliphatic carbocycles. The number of rotatable bonds is 4. The number of carbonyl (C=O) groups excluding carboxylic acids is 1. The number of hydrogen-bond donors (Lipinski definition) is 2. The van der Waals surface area contributed by atoms with Crippen LogP contribution in [0.3, 0.4) is 0 Å². The molecule has 19 heavy (non-hydrogen) atoms. The van der Waals surface area contributed by atoms with Crippen molar-refractivity contribution >= 4 is 34.5 Å². The van der Waals surface area contributed by atoms with Crippen molar-refractivity contribution in [3.8, 4) is 0 Å². The highest BCUT2D eigenvalue weighted by Crippen LogP contribution is 2.19. The fourth-order valence-corrected chi connectivity index (χ4v) is 2.53. The van der Waals surface area contributed by atoms with Gasteiger partial charge in [0.05, 0.1) is 10.6 Å². The highest BCUT2D eigenvalue weighted by Gasteiger charge is 2.13. The summed E-state index contributed by atoms with van der Waals surface area (Å²) in [5.41, 5.74) is 6.59. The molecular weight excluding hydrogens is 282 g/mol. The molecule has 1 heterocycles. The van der Waals surface area contributed by atoms with Gasteiger partial charge in [0, 0.05) is 34.7 Å². The van der Waals surface area contributed by atoms with E-state index in [1.54, 1.807) is 35.7 Å². The van der Waals surface area contributed by atoms with Gasteiger partial charge in [0.1, 0.15) is 0 Å². The lowest BCUT2D eigenvalue weighted by Crippen LogP contribution is -2.28. The van der Waals surface area contributed by atoms with Gasteiger partial charge < -0.3 is 11.1 Å². The van der Waals surface area contributed by atoms with Crippen LogP contribution >= 0.6 is 22.9 Å². The highest BCUT2D eigenvalue weighted by molar-refractivity contribution is 7.09. The molecular formula is C13H14ClN3OS. The lowest BCUT2D eigenvalue weighted by molar-refractivity contribution is 0.0952. The molecule has 6 heteroatoms. The molecule has 0 bridgehead atoms. The smallest absolute Gasteiger partial charge is 0.253 e. The predicted molar refractivity (Wildman–Crippen MR) is 78.7 cm³/mol. The van der Waals surface area contributed by atoms with Gasteiger partial charge in [-0.3, -0.25) is 4.79 Å². The number of carbonyl (C=O) groups is 1. The average molecular weight is 296 g/mol. The third-order valence-corrected chi connectivity index (χ3v) is 3.94. The Labute approximate surface area is 120 Å². The molecule has 4 nitrogen and oxygen atoms in total. The Morgan fingerprint density at radius 2 is 2.37 bits per heavy atom. The summed E-state index contributed by atoms with van der Waals surface area (Å²) in [6, 6.07) is 4.85. The van der Waals surface area contributed by atoms with E-state index < -0.39 is 0 Å². The monoisotopic (exact) mass is 295 g/mol. The van der Waals surface area contributed by atoms with Crippen molar-refractivity contribution in [1.29, 1.82) is 0 Å². The van der Waals surface area contributed by atoms with Gasteiger partial charge in [-0.25, -0.2) is 4.98 Å². The zero-order valence-electron chi connectivity index (χ0n) is 10.4. The van der Waals surface area contributed by atoms with Crippen molar-refractivity contribution in [1.82, 2.24) is 10.3 Å². The molecule has 100 valence electrons. The number of nitrogens with two attached hydrogens (primary N) is 1. The van der Waals surface area contributed by atoms with Crippen LogP contribution in [0.2, 0.25) is 5.02 Å². The van der Waals surface area contributed by atoms with Crippen LogP contribution in [0.5, 0.6) is 0 Å². The van der Waals surface area contributed by atoms with Crippen molar-refractivity contribution < 1.29 is 4.79 Å². The molecule has 0 fully saturated rings. The van der Waals surface area contributed by atoms with Crippen LogP contribution in [0.4, 0.5) is 5.69 Å². The summed E-state index contributed by atoms with van der Waals surface area (Å²) in [7, 11) is 0.